The fourth-order valence-electron chi connectivity index (χ4n) is 2.03. The Morgan fingerprint density at radius 3 is 2.74 bits per heavy atom. The molecule has 0 fully saturated rings. The average Bonchev–Trinajstić information content (AvgIpc) is 3.17. The molecule has 1 N–H and O–H groups in total. The Hall–Kier alpha value is -2.10. The number of aryl methyl sites for hydroxylation is 2. The second-order valence-electron chi connectivity index (χ2n) is 4.93. The molecule has 0 bridgehead atoms. The predicted molar refractivity (Wildman–Crippen MR) is 87.3 cm³/mol. The quantitative estimate of drug-likeness (QED) is 0.757. The third-order valence-electron chi connectivity index (χ3n) is 3.36. The van der Waals surface area contributed by atoms with Crippen LogP contribution < -0.4 is 4.72 Å². The van der Waals surface area contributed by atoms with Crippen LogP contribution in [0.2, 0.25) is 0 Å². The first-order valence-corrected chi connectivity index (χ1v) is 9.22. The Labute approximate surface area is 138 Å². The van der Waals surface area contributed by atoms with Crippen molar-refractivity contribution < 1.29 is 8.42 Å². The largest absolute Gasteiger partial charge is 0.337 e. The van der Waals surface area contributed by atoms with Gasteiger partial charge in [0.1, 0.15) is 5.82 Å². The van der Waals surface area contributed by atoms with Gasteiger partial charge in [0.15, 0.2) is 5.03 Å². The minimum Gasteiger partial charge on any atom is -0.337 e. The fraction of sp³-hybridized carbons (Fsp3) is 0.214. The molecule has 23 heavy (non-hydrogen) atoms. The summed E-state index contributed by atoms with van der Waals surface area (Å²) >= 11 is 1.55. The predicted octanol–water partition coefficient (Wildman–Crippen LogP) is 1.73. The van der Waals surface area contributed by atoms with Crippen molar-refractivity contribution in [3.63, 3.8) is 0 Å². The van der Waals surface area contributed by atoms with Crippen LogP contribution in [0.25, 0.3) is 11.3 Å². The number of rotatable bonds is 5. The number of thiophene rings is 1. The highest BCUT2D eigenvalue weighted by atomic mass is 32.2. The monoisotopic (exact) mass is 349 g/mol. The van der Waals surface area contributed by atoms with E-state index in [-0.39, 0.29) is 11.6 Å². The molecule has 0 radical (unpaired) electrons. The lowest BCUT2D eigenvalue weighted by atomic mass is 10.2. The molecule has 7 nitrogen and oxygen atoms in total. The van der Waals surface area contributed by atoms with Gasteiger partial charge in [-0.2, -0.15) is 11.3 Å². The molecule has 120 valence electrons. The maximum Gasteiger partial charge on any atom is 0.259 e. The molecular formula is C14H15N5O2S2. The van der Waals surface area contributed by atoms with Crippen molar-refractivity contribution in [1.82, 2.24) is 24.2 Å². The van der Waals surface area contributed by atoms with Crippen molar-refractivity contribution in [3.8, 4) is 11.3 Å². The maximum absolute atomic E-state index is 12.3. The minimum absolute atomic E-state index is 0.00141. The van der Waals surface area contributed by atoms with Gasteiger partial charge in [-0.25, -0.2) is 18.1 Å². The van der Waals surface area contributed by atoms with Crippen molar-refractivity contribution in [2.24, 2.45) is 7.05 Å². The SMILES string of the molecule is Cc1nc(S(=O)(=O)NCc2nccnc2-c2ccsc2)cn1C. The Bertz CT molecular complexity index is 897. The summed E-state index contributed by atoms with van der Waals surface area (Å²) in [7, 11) is -1.94. The van der Waals surface area contributed by atoms with Crippen LogP contribution in [0.5, 0.6) is 0 Å². The number of nitrogens with zero attached hydrogens (tertiary/aromatic N) is 4. The van der Waals surface area contributed by atoms with E-state index < -0.39 is 10.0 Å². The lowest BCUT2D eigenvalue weighted by molar-refractivity contribution is 0.577. The molecule has 9 heteroatoms. The highest BCUT2D eigenvalue weighted by molar-refractivity contribution is 7.89. The van der Waals surface area contributed by atoms with Gasteiger partial charge < -0.3 is 4.57 Å². The van der Waals surface area contributed by atoms with E-state index >= 15 is 0 Å². The summed E-state index contributed by atoms with van der Waals surface area (Å²) in [4.78, 5) is 12.6. The summed E-state index contributed by atoms with van der Waals surface area (Å²) in [6.45, 7) is 1.80. The fourth-order valence-corrected chi connectivity index (χ4v) is 3.69. The number of hydrogen-bond donors (Lipinski definition) is 1. The van der Waals surface area contributed by atoms with Gasteiger partial charge in [-0.1, -0.05) is 0 Å². The molecule has 3 aromatic heterocycles. The van der Waals surface area contributed by atoms with E-state index in [0.717, 1.165) is 5.56 Å². The Balaban J connectivity index is 1.84. The topological polar surface area (TPSA) is 89.8 Å². The highest BCUT2D eigenvalue weighted by Gasteiger charge is 2.19. The first-order valence-electron chi connectivity index (χ1n) is 6.79. The standard InChI is InChI=1S/C14H15N5O2S2/c1-10-18-13(8-19(10)2)23(20,21)17-7-12-14(16-5-4-15-12)11-3-6-22-9-11/h3-6,8-9,17H,7H2,1-2H3. The molecule has 0 saturated carbocycles. The average molecular weight is 349 g/mol. The molecule has 0 aliphatic heterocycles. The zero-order chi connectivity index (χ0) is 16.4. The second kappa shape index (κ2) is 6.19. The first kappa shape index (κ1) is 15.8. The van der Waals surface area contributed by atoms with Gasteiger partial charge in [0.05, 0.1) is 17.9 Å². The summed E-state index contributed by atoms with van der Waals surface area (Å²) in [6.07, 6.45) is 4.62. The third kappa shape index (κ3) is 3.31. The number of nitrogens with one attached hydrogen (secondary N) is 1. The molecule has 0 amide bonds. The van der Waals surface area contributed by atoms with Crippen LogP contribution in [0, 0.1) is 6.92 Å². The van der Waals surface area contributed by atoms with Crippen LogP contribution >= 0.6 is 11.3 Å². The molecule has 0 spiro atoms. The van der Waals surface area contributed by atoms with Crippen LogP contribution in [0.15, 0.2) is 40.4 Å². The van der Waals surface area contributed by atoms with E-state index in [1.807, 2.05) is 16.8 Å². The van der Waals surface area contributed by atoms with Crippen LogP contribution in [-0.2, 0) is 23.6 Å². The van der Waals surface area contributed by atoms with Crippen LogP contribution in [-0.4, -0.2) is 27.9 Å². The van der Waals surface area contributed by atoms with Crippen molar-refractivity contribution in [2.45, 2.75) is 18.5 Å². The van der Waals surface area contributed by atoms with Crippen molar-refractivity contribution in [1.29, 1.82) is 0 Å². The summed E-state index contributed by atoms with van der Waals surface area (Å²) in [5.74, 6) is 0.629. The number of imidazole rings is 1. The van der Waals surface area contributed by atoms with E-state index in [0.29, 0.717) is 17.2 Å². The number of aromatic nitrogens is 4. The second-order valence-corrected chi connectivity index (χ2v) is 7.42. The van der Waals surface area contributed by atoms with E-state index in [1.165, 1.54) is 6.20 Å². The van der Waals surface area contributed by atoms with Gasteiger partial charge in [0, 0.05) is 36.6 Å². The first-order chi connectivity index (χ1) is 11.0. The van der Waals surface area contributed by atoms with Gasteiger partial charge in [-0.15, -0.1) is 0 Å². The van der Waals surface area contributed by atoms with Gasteiger partial charge >= 0.3 is 0 Å². The van der Waals surface area contributed by atoms with Gasteiger partial charge in [0.25, 0.3) is 10.0 Å². The zero-order valence-electron chi connectivity index (χ0n) is 12.6. The van der Waals surface area contributed by atoms with Crippen molar-refractivity contribution in [2.75, 3.05) is 0 Å². The number of hydrogen-bond acceptors (Lipinski definition) is 6. The van der Waals surface area contributed by atoms with E-state index in [1.54, 1.807) is 42.3 Å². The molecule has 0 unspecified atom stereocenters. The lowest BCUT2D eigenvalue weighted by Gasteiger charge is -2.07. The number of sulfonamides is 1. The van der Waals surface area contributed by atoms with E-state index in [9.17, 15) is 8.42 Å². The molecular weight excluding hydrogens is 334 g/mol. The Morgan fingerprint density at radius 1 is 1.30 bits per heavy atom. The zero-order valence-corrected chi connectivity index (χ0v) is 14.2. The molecule has 3 heterocycles. The van der Waals surface area contributed by atoms with Gasteiger partial charge in [0.2, 0.25) is 0 Å². The molecule has 0 atom stereocenters. The normalized spacial score (nSPS) is 11.7. The van der Waals surface area contributed by atoms with E-state index in [2.05, 4.69) is 19.7 Å². The van der Waals surface area contributed by atoms with Crippen molar-refractivity contribution in [3.05, 3.63) is 46.9 Å². The lowest BCUT2D eigenvalue weighted by Crippen LogP contribution is -2.24. The van der Waals surface area contributed by atoms with Crippen LogP contribution in [0.1, 0.15) is 11.5 Å². The summed E-state index contributed by atoms with van der Waals surface area (Å²) in [5.41, 5.74) is 2.17. The highest BCUT2D eigenvalue weighted by Crippen LogP contribution is 2.22. The van der Waals surface area contributed by atoms with Gasteiger partial charge in [-0.05, 0) is 18.4 Å². The molecule has 0 saturated heterocycles. The smallest absolute Gasteiger partial charge is 0.259 e. The van der Waals surface area contributed by atoms with Crippen LogP contribution in [0.3, 0.4) is 0 Å². The molecule has 0 aliphatic rings. The minimum atomic E-state index is -3.69. The Kier molecular flexibility index (Phi) is 4.24. The van der Waals surface area contributed by atoms with Crippen molar-refractivity contribution >= 4 is 21.4 Å². The summed E-state index contributed by atoms with van der Waals surface area (Å²) in [5, 5.41) is 3.89. The molecule has 0 aromatic carbocycles. The van der Waals surface area contributed by atoms with Crippen LogP contribution in [0.4, 0.5) is 0 Å². The molecule has 3 rings (SSSR count). The summed E-state index contributed by atoms with van der Waals surface area (Å²) in [6, 6.07) is 1.93. The Morgan fingerprint density at radius 2 is 2.09 bits per heavy atom. The maximum atomic E-state index is 12.3. The summed E-state index contributed by atoms with van der Waals surface area (Å²) < 4.78 is 28.9. The molecule has 3 aromatic rings. The van der Waals surface area contributed by atoms with E-state index in [4.69, 9.17) is 0 Å². The molecule has 0 aliphatic carbocycles. The third-order valence-corrected chi connectivity index (χ3v) is 5.32. The van der Waals surface area contributed by atoms with Gasteiger partial charge in [-0.3, -0.25) is 9.97 Å².